The summed E-state index contributed by atoms with van der Waals surface area (Å²) in [6, 6.07) is 13.5. The van der Waals surface area contributed by atoms with Gasteiger partial charge < -0.3 is 11.1 Å². The van der Waals surface area contributed by atoms with Gasteiger partial charge in [0.15, 0.2) is 0 Å². The number of thiocarbonyl (C=S) groups is 1. The van der Waals surface area contributed by atoms with Gasteiger partial charge in [-0.2, -0.15) is 0 Å². The smallest absolute Gasteiger partial charge is 0.252 e. The largest absolute Gasteiger partial charge is 0.391 e. The molecule has 98 valence electrons. The number of benzene rings is 2. The quantitative estimate of drug-likeness (QED) is 0.845. The molecule has 3 N–H and O–H groups in total. The van der Waals surface area contributed by atoms with Crippen LogP contribution in [0.5, 0.6) is 0 Å². The highest BCUT2D eigenvalue weighted by Crippen LogP contribution is 2.16. The van der Waals surface area contributed by atoms with Crippen LogP contribution in [0.25, 0.3) is 10.8 Å². The van der Waals surface area contributed by atoms with Crippen LogP contribution in [0.3, 0.4) is 0 Å². The second kappa shape index (κ2) is 4.97. The monoisotopic (exact) mass is 272 g/mol. The molecule has 0 aliphatic heterocycles. The first-order chi connectivity index (χ1) is 8.90. The molecule has 0 saturated heterocycles. The van der Waals surface area contributed by atoms with E-state index in [4.69, 9.17) is 18.0 Å². The van der Waals surface area contributed by atoms with Crippen molar-refractivity contribution in [1.29, 1.82) is 0 Å². The highest BCUT2D eigenvalue weighted by molar-refractivity contribution is 7.80. The standard InChI is InChI=1S/C15H16N2OS/c1-15(2,14(16)19)17-13(18)12-8-7-10-5-3-4-6-11(10)9-12/h3-9H,1-2H3,(H2,16,19)(H,17,18). The van der Waals surface area contributed by atoms with Gasteiger partial charge in [0.05, 0.1) is 10.5 Å². The van der Waals surface area contributed by atoms with E-state index in [9.17, 15) is 4.79 Å². The number of hydrogen-bond donors (Lipinski definition) is 2. The molecule has 0 aliphatic carbocycles. The van der Waals surface area contributed by atoms with E-state index in [1.165, 1.54) is 0 Å². The van der Waals surface area contributed by atoms with Gasteiger partial charge in [-0.25, -0.2) is 0 Å². The Labute approximate surface area is 117 Å². The van der Waals surface area contributed by atoms with Crippen molar-refractivity contribution in [3.8, 4) is 0 Å². The molecule has 0 fully saturated rings. The van der Waals surface area contributed by atoms with Crippen molar-refractivity contribution >= 4 is 33.9 Å². The van der Waals surface area contributed by atoms with Crippen LogP contribution in [0, 0.1) is 0 Å². The Kier molecular flexibility index (Phi) is 3.53. The molecule has 1 amide bonds. The molecule has 0 bridgehead atoms. The highest BCUT2D eigenvalue weighted by Gasteiger charge is 2.24. The number of fused-ring (bicyclic) bond motifs is 1. The maximum atomic E-state index is 12.2. The zero-order valence-corrected chi connectivity index (χ0v) is 11.8. The summed E-state index contributed by atoms with van der Waals surface area (Å²) >= 11 is 4.94. The third kappa shape index (κ3) is 2.90. The van der Waals surface area contributed by atoms with E-state index >= 15 is 0 Å². The van der Waals surface area contributed by atoms with Crippen LogP contribution >= 0.6 is 12.2 Å². The molecule has 0 spiro atoms. The first kappa shape index (κ1) is 13.5. The summed E-state index contributed by atoms with van der Waals surface area (Å²) in [6.07, 6.45) is 0. The second-order valence-corrected chi connectivity index (χ2v) is 5.45. The SMILES string of the molecule is CC(C)(NC(=O)c1ccc2ccccc2c1)C(N)=S. The maximum Gasteiger partial charge on any atom is 0.252 e. The molecule has 2 rings (SSSR count). The molecule has 0 radical (unpaired) electrons. The van der Waals surface area contributed by atoms with E-state index in [1.54, 1.807) is 19.9 Å². The zero-order valence-electron chi connectivity index (χ0n) is 10.9. The van der Waals surface area contributed by atoms with Crippen LogP contribution in [-0.2, 0) is 0 Å². The number of hydrogen-bond acceptors (Lipinski definition) is 2. The third-order valence-electron chi connectivity index (χ3n) is 3.05. The Morgan fingerprint density at radius 3 is 2.42 bits per heavy atom. The molecule has 19 heavy (non-hydrogen) atoms. The summed E-state index contributed by atoms with van der Waals surface area (Å²) in [4.78, 5) is 12.4. The lowest BCUT2D eigenvalue weighted by atomic mass is 10.0. The van der Waals surface area contributed by atoms with Crippen LogP contribution in [0.1, 0.15) is 24.2 Å². The van der Waals surface area contributed by atoms with Gasteiger partial charge in [0, 0.05) is 5.56 Å². The van der Waals surface area contributed by atoms with Crippen molar-refractivity contribution in [1.82, 2.24) is 5.32 Å². The molecule has 0 saturated carbocycles. The molecule has 4 heteroatoms. The van der Waals surface area contributed by atoms with Gasteiger partial charge in [0.25, 0.3) is 5.91 Å². The fraction of sp³-hybridized carbons (Fsp3) is 0.200. The van der Waals surface area contributed by atoms with Crippen molar-refractivity contribution in [2.24, 2.45) is 5.73 Å². The average Bonchev–Trinajstić information content (AvgIpc) is 2.37. The van der Waals surface area contributed by atoms with Crippen LogP contribution in [0.4, 0.5) is 0 Å². The lowest BCUT2D eigenvalue weighted by molar-refractivity contribution is 0.0932. The lowest BCUT2D eigenvalue weighted by Crippen LogP contribution is -2.52. The molecule has 2 aromatic rings. The summed E-state index contributed by atoms with van der Waals surface area (Å²) in [5.74, 6) is -0.177. The molecule has 0 heterocycles. The number of nitrogens with one attached hydrogen (secondary N) is 1. The Balaban J connectivity index is 2.29. The predicted molar refractivity (Wildman–Crippen MR) is 82.3 cm³/mol. The van der Waals surface area contributed by atoms with Crippen LogP contribution in [0.2, 0.25) is 0 Å². The third-order valence-corrected chi connectivity index (χ3v) is 3.56. The molecule has 0 aliphatic rings. The van der Waals surface area contributed by atoms with Gasteiger partial charge in [0.2, 0.25) is 0 Å². The second-order valence-electron chi connectivity index (χ2n) is 5.01. The summed E-state index contributed by atoms with van der Waals surface area (Å²) in [5.41, 5.74) is 5.51. The van der Waals surface area contributed by atoms with Crippen LogP contribution < -0.4 is 11.1 Å². The Hall–Kier alpha value is -1.94. The minimum atomic E-state index is -0.696. The number of nitrogens with two attached hydrogens (primary N) is 1. The number of rotatable bonds is 3. The van der Waals surface area contributed by atoms with Crippen molar-refractivity contribution in [3.63, 3.8) is 0 Å². The predicted octanol–water partition coefficient (Wildman–Crippen LogP) is 2.63. The van der Waals surface area contributed by atoms with Crippen LogP contribution in [0.15, 0.2) is 42.5 Å². The number of amides is 1. The maximum absolute atomic E-state index is 12.2. The van der Waals surface area contributed by atoms with E-state index < -0.39 is 5.54 Å². The van der Waals surface area contributed by atoms with E-state index in [0.29, 0.717) is 5.56 Å². The molecule has 0 atom stereocenters. The van der Waals surface area contributed by atoms with E-state index in [0.717, 1.165) is 10.8 Å². The van der Waals surface area contributed by atoms with E-state index in [1.807, 2.05) is 36.4 Å². The summed E-state index contributed by atoms with van der Waals surface area (Å²) in [5, 5.41) is 4.97. The van der Waals surface area contributed by atoms with Gasteiger partial charge in [-0.1, -0.05) is 42.5 Å². The summed E-state index contributed by atoms with van der Waals surface area (Å²) in [6.45, 7) is 3.57. The van der Waals surface area contributed by atoms with Crippen molar-refractivity contribution in [2.45, 2.75) is 19.4 Å². The van der Waals surface area contributed by atoms with E-state index in [-0.39, 0.29) is 10.9 Å². The molecule has 2 aromatic carbocycles. The van der Waals surface area contributed by atoms with Gasteiger partial charge in [-0.15, -0.1) is 0 Å². The molecule has 0 aromatic heterocycles. The van der Waals surface area contributed by atoms with Gasteiger partial charge in [-0.05, 0) is 36.8 Å². The first-order valence-electron chi connectivity index (χ1n) is 6.01. The van der Waals surface area contributed by atoms with Crippen molar-refractivity contribution < 1.29 is 4.79 Å². The lowest BCUT2D eigenvalue weighted by Gasteiger charge is -2.24. The summed E-state index contributed by atoms with van der Waals surface area (Å²) in [7, 11) is 0. The topological polar surface area (TPSA) is 55.1 Å². The fourth-order valence-electron chi connectivity index (χ4n) is 1.75. The van der Waals surface area contributed by atoms with Gasteiger partial charge >= 0.3 is 0 Å². The van der Waals surface area contributed by atoms with E-state index in [2.05, 4.69) is 5.32 Å². The number of carbonyl (C=O) groups is 1. The fourth-order valence-corrected chi connectivity index (χ4v) is 1.80. The average molecular weight is 272 g/mol. The van der Waals surface area contributed by atoms with Crippen molar-refractivity contribution in [3.05, 3.63) is 48.0 Å². The first-order valence-corrected chi connectivity index (χ1v) is 6.42. The van der Waals surface area contributed by atoms with Crippen molar-refractivity contribution in [2.75, 3.05) is 0 Å². The Morgan fingerprint density at radius 2 is 1.79 bits per heavy atom. The van der Waals surface area contributed by atoms with Gasteiger partial charge in [-0.3, -0.25) is 4.79 Å². The minimum absolute atomic E-state index is 0.177. The molecule has 0 unspecified atom stereocenters. The zero-order chi connectivity index (χ0) is 14.0. The molecular formula is C15H16N2OS. The highest BCUT2D eigenvalue weighted by atomic mass is 32.1. The minimum Gasteiger partial charge on any atom is -0.391 e. The Bertz CT molecular complexity index is 649. The normalized spacial score (nSPS) is 11.3. The summed E-state index contributed by atoms with van der Waals surface area (Å²) < 4.78 is 0. The number of carbonyl (C=O) groups excluding carboxylic acids is 1. The van der Waals surface area contributed by atoms with Gasteiger partial charge in [0.1, 0.15) is 0 Å². The Morgan fingerprint density at radius 1 is 1.16 bits per heavy atom. The van der Waals surface area contributed by atoms with Crippen LogP contribution in [-0.4, -0.2) is 16.4 Å². The molecule has 3 nitrogen and oxygen atoms in total. The molecular weight excluding hydrogens is 256 g/mol.